The molecule has 9 heteroatoms. The summed E-state index contributed by atoms with van der Waals surface area (Å²) in [5.74, 6) is 1.13. The molecular weight excluding hydrogens is 344 g/mol. The number of rotatable bonds is 6. The minimum atomic E-state index is -1.05. The van der Waals surface area contributed by atoms with E-state index >= 15 is 0 Å². The summed E-state index contributed by atoms with van der Waals surface area (Å²) in [7, 11) is 0. The Bertz CT molecular complexity index is 533. The molecule has 0 unspecified atom stereocenters. The Balaban J connectivity index is 1.75. The third-order valence-electron chi connectivity index (χ3n) is 3.89. The molecule has 0 radical (unpaired) electrons. The number of thioether (sulfide) groups is 1. The Morgan fingerprint density at radius 2 is 2.20 bits per heavy atom. The van der Waals surface area contributed by atoms with Crippen LogP contribution in [0.5, 0.6) is 0 Å². The lowest BCUT2D eigenvalue weighted by Gasteiger charge is -2.28. The lowest BCUT2D eigenvalue weighted by Crippen LogP contribution is -2.57. The number of nitrogens with one attached hydrogen (secondary N) is 3. The van der Waals surface area contributed by atoms with Gasteiger partial charge in [-0.25, -0.2) is 9.59 Å². The van der Waals surface area contributed by atoms with E-state index in [-0.39, 0.29) is 0 Å². The van der Waals surface area contributed by atoms with E-state index in [1.165, 1.54) is 11.8 Å². The maximum atomic E-state index is 11.8. The maximum Gasteiger partial charge on any atom is 0.408 e. The molecule has 0 bridgehead atoms. The number of alkyl carbamates (subject to hydrolysis) is 1. The lowest BCUT2D eigenvalue weighted by atomic mass is 10.2. The van der Waals surface area contributed by atoms with Crippen LogP contribution in [0.3, 0.4) is 0 Å². The van der Waals surface area contributed by atoms with E-state index in [1.54, 1.807) is 20.8 Å². The molecular formula is C16H29N4O4S+. The van der Waals surface area contributed by atoms with Crippen LogP contribution in [0.15, 0.2) is 0 Å². The number of hydrogen-bond donors (Lipinski definition) is 4. The van der Waals surface area contributed by atoms with Crippen LogP contribution in [-0.2, 0) is 9.53 Å². The summed E-state index contributed by atoms with van der Waals surface area (Å²) < 4.78 is 7.44. The highest BCUT2D eigenvalue weighted by Crippen LogP contribution is 2.12. The fourth-order valence-electron chi connectivity index (χ4n) is 2.72. The first-order valence-corrected chi connectivity index (χ1v) is 9.82. The number of carbonyl (C=O) groups is 2. The van der Waals surface area contributed by atoms with Crippen molar-refractivity contribution in [3.8, 4) is 0 Å². The molecule has 2 atom stereocenters. The molecule has 142 valence electrons. The van der Waals surface area contributed by atoms with E-state index < -0.39 is 23.7 Å². The van der Waals surface area contributed by atoms with Crippen molar-refractivity contribution < 1.29 is 24.0 Å². The van der Waals surface area contributed by atoms with Crippen LogP contribution in [0.4, 0.5) is 4.79 Å². The van der Waals surface area contributed by atoms with Crippen LogP contribution >= 0.6 is 11.8 Å². The van der Waals surface area contributed by atoms with Gasteiger partial charge in [0.05, 0.1) is 25.7 Å². The number of nitrogens with zero attached hydrogens (tertiary/aromatic N) is 1. The van der Waals surface area contributed by atoms with E-state index in [2.05, 4.69) is 20.5 Å². The van der Waals surface area contributed by atoms with Crippen LogP contribution < -0.4 is 16.0 Å². The van der Waals surface area contributed by atoms with E-state index in [4.69, 9.17) is 4.74 Å². The Labute approximate surface area is 152 Å². The average molecular weight is 373 g/mol. The van der Waals surface area contributed by atoms with E-state index in [0.717, 1.165) is 44.2 Å². The zero-order valence-electron chi connectivity index (χ0n) is 15.1. The van der Waals surface area contributed by atoms with Crippen molar-refractivity contribution in [2.45, 2.75) is 51.3 Å². The Morgan fingerprint density at radius 1 is 1.44 bits per heavy atom. The number of carboxylic acid groups (broad SMARTS) is 1. The minimum absolute atomic E-state index is 0.304. The molecule has 0 aromatic carbocycles. The number of carbonyl (C=O) groups excluding carboxylic acids is 1. The summed E-state index contributed by atoms with van der Waals surface area (Å²) in [6, 6.07) is -0.654. The number of carboxylic acids is 1. The number of amides is 1. The van der Waals surface area contributed by atoms with Crippen LogP contribution in [0.25, 0.3) is 0 Å². The van der Waals surface area contributed by atoms with Gasteiger partial charge in [0.15, 0.2) is 0 Å². The second-order valence-corrected chi connectivity index (χ2v) is 8.40. The molecule has 0 aromatic rings. The first kappa shape index (κ1) is 19.7. The third-order valence-corrected chi connectivity index (χ3v) is 5.10. The maximum absolute atomic E-state index is 11.8. The first-order valence-electron chi connectivity index (χ1n) is 8.67. The molecule has 0 saturated heterocycles. The fraction of sp³-hybridized carbons (Fsp3) is 0.812. The smallest absolute Gasteiger partial charge is 0.408 e. The molecule has 0 fully saturated rings. The topological polar surface area (TPSA) is 103 Å². The number of ether oxygens (including phenoxy) is 1. The third kappa shape index (κ3) is 6.64. The highest BCUT2D eigenvalue weighted by molar-refractivity contribution is 7.99. The Kier molecular flexibility index (Phi) is 6.80. The molecule has 1 amide bonds. The monoisotopic (exact) mass is 373 g/mol. The molecule has 8 nitrogen and oxygen atoms in total. The summed E-state index contributed by atoms with van der Waals surface area (Å²) >= 11 is 1.52. The number of hydrogen-bond acceptors (Lipinski definition) is 6. The van der Waals surface area contributed by atoms with E-state index in [9.17, 15) is 14.7 Å². The van der Waals surface area contributed by atoms with Crippen molar-refractivity contribution in [2.24, 2.45) is 0 Å². The standard InChI is InChI=1S/C16H28N4O4S/c1-16(2,3)24-15(23)19-12(13(21)22)10-25-9-11-5-8-20-7-4-6-17-14(20)18-11/h11-12H,4-10H2,1-3H3,(H3,17,18,19,21,22,23)/p+1/t11-,12-/m0/s1. The minimum Gasteiger partial charge on any atom is -0.480 e. The molecule has 25 heavy (non-hydrogen) atoms. The largest absolute Gasteiger partial charge is 0.480 e. The predicted octanol–water partition coefficient (Wildman–Crippen LogP) is 0.421. The number of guanidine groups is 1. The molecule has 2 heterocycles. The second-order valence-electron chi connectivity index (χ2n) is 7.32. The fourth-order valence-corrected chi connectivity index (χ4v) is 3.85. The van der Waals surface area contributed by atoms with Gasteiger partial charge in [0.2, 0.25) is 0 Å². The molecule has 2 rings (SSSR count). The van der Waals surface area contributed by atoms with Crippen molar-refractivity contribution in [3.63, 3.8) is 0 Å². The van der Waals surface area contributed by atoms with Crippen molar-refractivity contribution in [2.75, 3.05) is 31.1 Å². The van der Waals surface area contributed by atoms with Gasteiger partial charge in [-0.05, 0) is 20.8 Å². The van der Waals surface area contributed by atoms with Crippen LogP contribution in [-0.4, -0.2) is 76.5 Å². The molecule has 0 saturated carbocycles. The molecule has 0 aliphatic carbocycles. The van der Waals surface area contributed by atoms with Gasteiger partial charge in [-0.3, -0.25) is 15.2 Å². The summed E-state index contributed by atoms with van der Waals surface area (Å²) in [6.07, 6.45) is 1.48. The van der Waals surface area contributed by atoms with E-state index in [0.29, 0.717) is 11.8 Å². The normalized spacial score (nSPS) is 21.5. The summed E-state index contributed by atoms with van der Waals surface area (Å²) in [4.78, 5) is 23.1. The second kappa shape index (κ2) is 8.64. The lowest BCUT2D eigenvalue weighted by molar-refractivity contribution is -0.541. The van der Waals surface area contributed by atoms with Gasteiger partial charge in [-0.15, -0.1) is 0 Å². The average Bonchev–Trinajstić information content (AvgIpc) is 2.52. The highest BCUT2D eigenvalue weighted by atomic mass is 32.2. The van der Waals surface area contributed by atoms with Crippen molar-refractivity contribution >= 4 is 29.8 Å². The Morgan fingerprint density at radius 3 is 2.88 bits per heavy atom. The zero-order chi connectivity index (χ0) is 18.4. The number of aliphatic carboxylic acids is 1. The van der Waals surface area contributed by atoms with Gasteiger partial charge >= 0.3 is 18.0 Å². The summed E-state index contributed by atoms with van der Waals surface area (Å²) in [6.45, 7) is 8.30. The van der Waals surface area contributed by atoms with Crippen LogP contribution in [0.2, 0.25) is 0 Å². The summed E-state index contributed by atoms with van der Waals surface area (Å²) in [5, 5.41) is 18.6. The van der Waals surface area contributed by atoms with Gasteiger partial charge in [0.1, 0.15) is 11.6 Å². The van der Waals surface area contributed by atoms with Crippen LogP contribution in [0, 0.1) is 0 Å². The first-order chi connectivity index (χ1) is 11.7. The van der Waals surface area contributed by atoms with Gasteiger partial charge in [-0.2, -0.15) is 11.8 Å². The quantitative estimate of drug-likeness (QED) is 0.501. The van der Waals surface area contributed by atoms with E-state index in [1.807, 2.05) is 0 Å². The Hall–Kier alpha value is -1.64. The molecule has 0 aromatic heterocycles. The molecule has 4 N–H and O–H groups in total. The zero-order valence-corrected chi connectivity index (χ0v) is 15.9. The SMILES string of the molecule is CC(C)(C)OC(=O)N[C@@H](CSC[C@@H]1CC[N+]2=C(NCCC2)N1)C(=O)O. The molecule has 0 spiro atoms. The van der Waals surface area contributed by atoms with Crippen molar-refractivity contribution in [3.05, 3.63) is 0 Å². The summed E-state index contributed by atoms with van der Waals surface area (Å²) in [5.41, 5.74) is -0.650. The molecule has 2 aliphatic heterocycles. The predicted molar refractivity (Wildman–Crippen MR) is 97.3 cm³/mol. The van der Waals surface area contributed by atoms with Crippen molar-refractivity contribution in [1.29, 1.82) is 0 Å². The van der Waals surface area contributed by atoms with Gasteiger partial charge in [0, 0.05) is 24.3 Å². The van der Waals surface area contributed by atoms with Gasteiger partial charge in [-0.1, -0.05) is 0 Å². The van der Waals surface area contributed by atoms with Gasteiger partial charge < -0.3 is 15.2 Å². The highest BCUT2D eigenvalue weighted by Gasteiger charge is 2.29. The molecule has 2 aliphatic rings. The van der Waals surface area contributed by atoms with Crippen LogP contribution in [0.1, 0.15) is 33.6 Å². The van der Waals surface area contributed by atoms with Gasteiger partial charge in [0.25, 0.3) is 0 Å². The van der Waals surface area contributed by atoms with Crippen molar-refractivity contribution in [1.82, 2.24) is 16.0 Å².